The lowest BCUT2D eigenvalue weighted by Crippen LogP contribution is -2.56. The summed E-state index contributed by atoms with van der Waals surface area (Å²) in [5.74, 6) is 1.68. The van der Waals surface area contributed by atoms with Crippen molar-refractivity contribution in [1.82, 2.24) is 14.9 Å². The van der Waals surface area contributed by atoms with Crippen LogP contribution < -0.4 is 9.80 Å². The summed E-state index contributed by atoms with van der Waals surface area (Å²) in [4.78, 5) is 28.3. The maximum absolute atomic E-state index is 12.6. The van der Waals surface area contributed by atoms with Gasteiger partial charge in [-0.3, -0.25) is 9.78 Å². The maximum Gasteiger partial charge on any atom is 0.225 e. The number of nitrogens with zero attached hydrogens (tertiary/aromatic N) is 6. The molecule has 0 unspecified atom stereocenters. The van der Waals surface area contributed by atoms with Gasteiger partial charge in [-0.1, -0.05) is 0 Å². The first-order chi connectivity index (χ1) is 16.5. The molecule has 8 nitrogen and oxygen atoms in total. The Morgan fingerprint density at radius 1 is 1.26 bits per heavy atom. The molecule has 2 aliphatic carbocycles. The predicted molar refractivity (Wildman–Crippen MR) is 130 cm³/mol. The van der Waals surface area contributed by atoms with Crippen molar-refractivity contribution in [1.29, 1.82) is 5.26 Å². The number of aryl methyl sites for hydroxylation is 1. The minimum atomic E-state index is -0.118. The minimum Gasteiger partial charge on any atom is -0.396 e. The summed E-state index contributed by atoms with van der Waals surface area (Å²) in [5.41, 5.74) is 4.57. The third-order valence-electron chi connectivity index (χ3n) is 7.25. The summed E-state index contributed by atoms with van der Waals surface area (Å²) < 4.78 is 0. The molecule has 1 N–H and O–H groups in total. The van der Waals surface area contributed by atoms with E-state index >= 15 is 0 Å². The molecule has 3 aliphatic rings. The van der Waals surface area contributed by atoms with Crippen molar-refractivity contribution in [3.8, 4) is 6.07 Å². The van der Waals surface area contributed by atoms with Crippen molar-refractivity contribution in [2.45, 2.75) is 51.0 Å². The first-order valence-electron chi connectivity index (χ1n) is 12.3. The van der Waals surface area contributed by atoms with E-state index in [4.69, 9.17) is 4.98 Å². The number of aliphatic hydroxyl groups excluding tert-OH is 1. The van der Waals surface area contributed by atoms with Crippen LogP contribution in [0.3, 0.4) is 0 Å². The molecular formula is C26H32N6O2. The lowest BCUT2D eigenvalue weighted by molar-refractivity contribution is -0.135. The van der Waals surface area contributed by atoms with E-state index < -0.39 is 0 Å². The van der Waals surface area contributed by atoms with E-state index in [1.54, 1.807) is 6.20 Å². The van der Waals surface area contributed by atoms with Gasteiger partial charge in [0.05, 0.1) is 29.6 Å². The monoisotopic (exact) mass is 460 g/mol. The highest BCUT2D eigenvalue weighted by molar-refractivity contribution is 5.77. The first kappa shape index (κ1) is 22.6. The standard InChI is InChI=1S/C26H32N6O2/c1-17-13-21(7-9-28-17)30(2)22-14-20(15-27)26(29-25(22)19-5-6-19)31-10-11-32(24(34)8-12-33)23(16-31)18-3-4-18/h7,9,13-14,18-19,23,33H,3-6,8,10-12,16H2,1-2H3/t23-/m0/s1. The molecule has 34 heavy (non-hydrogen) atoms. The van der Waals surface area contributed by atoms with Gasteiger partial charge in [0, 0.05) is 56.6 Å². The fourth-order valence-corrected chi connectivity index (χ4v) is 5.07. The number of nitriles is 1. The minimum absolute atomic E-state index is 0.0239. The maximum atomic E-state index is 12.6. The lowest BCUT2D eigenvalue weighted by atomic mass is 10.0. The molecule has 3 fully saturated rings. The molecule has 5 rings (SSSR count). The summed E-state index contributed by atoms with van der Waals surface area (Å²) in [6.45, 7) is 3.79. The zero-order chi connectivity index (χ0) is 23.8. The second-order valence-corrected chi connectivity index (χ2v) is 9.78. The van der Waals surface area contributed by atoms with Crippen LogP contribution in [0.1, 0.15) is 55.0 Å². The molecule has 178 valence electrons. The molecule has 2 aromatic heterocycles. The van der Waals surface area contributed by atoms with Gasteiger partial charge >= 0.3 is 0 Å². The van der Waals surface area contributed by atoms with Crippen LogP contribution in [-0.4, -0.2) is 65.2 Å². The number of pyridine rings is 2. The van der Waals surface area contributed by atoms with Crippen LogP contribution in [0.5, 0.6) is 0 Å². The SMILES string of the molecule is Cc1cc(N(C)c2cc(C#N)c(N3CCN(C(=O)CCO)[C@H](C4CC4)C3)nc2C2CC2)ccn1. The summed E-state index contributed by atoms with van der Waals surface area (Å²) in [6.07, 6.45) is 6.46. The molecule has 0 bridgehead atoms. The summed E-state index contributed by atoms with van der Waals surface area (Å²) >= 11 is 0. The molecule has 3 heterocycles. The molecule has 1 aliphatic heterocycles. The van der Waals surface area contributed by atoms with Crippen molar-refractivity contribution < 1.29 is 9.90 Å². The zero-order valence-corrected chi connectivity index (χ0v) is 19.9. The topological polar surface area (TPSA) is 96.6 Å². The Hall–Kier alpha value is -3.18. The third-order valence-corrected chi connectivity index (χ3v) is 7.25. The van der Waals surface area contributed by atoms with E-state index in [-0.39, 0.29) is 25.0 Å². The second-order valence-electron chi connectivity index (χ2n) is 9.78. The summed E-state index contributed by atoms with van der Waals surface area (Å²) in [6, 6.07) is 8.52. The number of carbonyl (C=O) groups is 1. The molecule has 1 amide bonds. The lowest BCUT2D eigenvalue weighted by Gasteiger charge is -2.42. The van der Waals surface area contributed by atoms with Crippen molar-refractivity contribution in [2.75, 3.05) is 43.1 Å². The predicted octanol–water partition coefficient (Wildman–Crippen LogP) is 3.11. The Labute approximate surface area is 200 Å². The molecule has 1 atom stereocenters. The Bertz CT molecular complexity index is 1120. The van der Waals surface area contributed by atoms with Crippen LogP contribution in [-0.2, 0) is 4.79 Å². The number of carbonyl (C=O) groups excluding carboxylic acids is 1. The van der Waals surface area contributed by atoms with Crippen molar-refractivity contribution in [2.24, 2.45) is 5.92 Å². The number of aromatic nitrogens is 2. The third kappa shape index (κ3) is 4.45. The van der Waals surface area contributed by atoms with E-state index in [0.717, 1.165) is 54.3 Å². The molecule has 0 radical (unpaired) electrons. The van der Waals surface area contributed by atoms with Gasteiger partial charge in [0.25, 0.3) is 0 Å². The van der Waals surface area contributed by atoms with Crippen molar-refractivity contribution in [3.05, 3.63) is 41.3 Å². The van der Waals surface area contributed by atoms with Crippen molar-refractivity contribution in [3.63, 3.8) is 0 Å². The molecule has 2 aromatic rings. The van der Waals surface area contributed by atoms with E-state index in [0.29, 0.717) is 37.0 Å². The largest absolute Gasteiger partial charge is 0.396 e. The van der Waals surface area contributed by atoms with Crippen molar-refractivity contribution >= 4 is 23.1 Å². The summed E-state index contributed by atoms with van der Waals surface area (Å²) in [5, 5.41) is 19.3. The molecule has 0 spiro atoms. The first-order valence-corrected chi connectivity index (χ1v) is 12.3. The number of anilines is 3. The Morgan fingerprint density at radius 2 is 2.06 bits per heavy atom. The van der Waals surface area contributed by atoms with Gasteiger partial charge in [-0.15, -0.1) is 0 Å². The van der Waals surface area contributed by atoms with Gasteiger partial charge in [0.2, 0.25) is 5.91 Å². The van der Waals surface area contributed by atoms with Gasteiger partial charge in [-0.2, -0.15) is 5.26 Å². The highest BCUT2D eigenvalue weighted by Crippen LogP contribution is 2.46. The van der Waals surface area contributed by atoms with Crippen LogP contribution in [0, 0.1) is 24.2 Å². The fourth-order valence-electron chi connectivity index (χ4n) is 5.07. The van der Waals surface area contributed by atoms with E-state index in [9.17, 15) is 15.2 Å². The zero-order valence-electron chi connectivity index (χ0n) is 19.9. The van der Waals surface area contributed by atoms with Gasteiger partial charge in [0.15, 0.2) is 0 Å². The van der Waals surface area contributed by atoms with Gasteiger partial charge in [0.1, 0.15) is 11.9 Å². The van der Waals surface area contributed by atoms with Crippen LogP contribution in [0.4, 0.5) is 17.2 Å². The average Bonchev–Trinajstić information content (AvgIpc) is 3.76. The highest BCUT2D eigenvalue weighted by Gasteiger charge is 2.41. The molecular weight excluding hydrogens is 428 g/mol. The number of hydrogen-bond acceptors (Lipinski definition) is 7. The normalized spacial score (nSPS) is 20.2. The number of amides is 1. The molecule has 1 saturated heterocycles. The van der Waals surface area contributed by atoms with E-state index in [1.165, 1.54) is 0 Å². The number of aliphatic hydroxyl groups is 1. The quantitative estimate of drug-likeness (QED) is 0.678. The van der Waals surface area contributed by atoms with Gasteiger partial charge in [-0.25, -0.2) is 4.98 Å². The number of rotatable bonds is 7. The molecule has 2 saturated carbocycles. The summed E-state index contributed by atoms with van der Waals surface area (Å²) in [7, 11) is 2.02. The van der Waals surface area contributed by atoms with Crippen LogP contribution in [0.25, 0.3) is 0 Å². The molecule has 0 aromatic carbocycles. The van der Waals surface area contributed by atoms with E-state index in [1.807, 2.05) is 37.1 Å². The Kier molecular flexibility index (Phi) is 6.13. The van der Waals surface area contributed by atoms with Crippen LogP contribution in [0.2, 0.25) is 0 Å². The Morgan fingerprint density at radius 3 is 2.71 bits per heavy atom. The fraction of sp³-hybridized carbons (Fsp3) is 0.538. The average molecular weight is 461 g/mol. The van der Waals surface area contributed by atoms with E-state index in [2.05, 4.69) is 20.9 Å². The number of hydrogen-bond donors (Lipinski definition) is 1. The Balaban J connectivity index is 1.47. The smallest absolute Gasteiger partial charge is 0.225 e. The number of piperazine rings is 1. The van der Waals surface area contributed by atoms with Gasteiger partial charge in [-0.05, 0) is 56.7 Å². The van der Waals surface area contributed by atoms with Crippen LogP contribution in [0.15, 0.2) is 24.4 Å². The highest BCUT2D eigenvalue weighted by atomic mass is 16.3. The van der Waals surface area contributed by atoms with Crippen LogP contribution >= 0.6 is 0 Å². The second kappa shape index (κ2) is 9.22. The molecule has 8 heteroatoms. The van der Waals surface area contributed by atoms with Gasteiger partial charge < -0.3 is 19.8 Å².